The summed E-state index contributed by atoms with van der Waals surface area (Å²) < 4.78 is 2.13. The van der Waals surface area contributed by atoms with Crippen LogP contribution in [0.25, 0.3) is 11.0 Å². The Morgan fingerprint density at radius 2 is 2.15 bits per heavy atom. The van der Waals surface area contributed by atoms with Crippen molar-refractivity contribution in [3.05, 3.63) is 24.3 Å². The number of nitrogens with zero attached hydrogens (tertiary/aromatic N) is 3. The van der Waals surface area contributed by atoms with Crippen LogP contribution in [0.4, 0.5) is 5.95 Å². The lowest BCUT2D eigenvalue weighted by Crippen LogP contribution is -2.29. The van der Waals surface area contributed by atoms with Crippen LogP contribution < -0.4 is 10.2 Å². The Labute approximate surface area is 124 Å². The highest BCUT2D eigenvalue weighted by atomic mass is 35.5. The molecule has 0 fully saturated rings. The van der Waals surface area contributed by atoms with Gasteiger partial charge in [-0.05, 0) is 32.1 Å². The molecule has 108 valence electrons. The first-order valence-corrected chi connectivity index (χ1v) is 6.71. The van der Waals surface area contributed by atoms with Gasteiger partial charge >= 0.3 is 0 Å². The predicted molar refractivity (Wildman–Crippen MR) is 82.5 cm³/mol. The van der Waals surface area contributed by atoms with E-state index in [9.17, 15) is 4.79 Å². The second kappa shape index (κ2) is 6.24. The summed E-state index contributed by atoms with van der Waals surface area (Å²) in [6.07, 6.45) is 1.44. The van der Waals surface area contributed by atoms with E-state index in [-0.39, 0.29) is 18.3 Å². The molecule has 5 nitrogen and oxygen atoms in total. The molecule has 1 amide bonds. The van der Waals surface area contributed by atoms with E-state index in [1.54, 1.807) is 0 Å². The maximum atomic E-state index is 12.2. The number of rotatable bonds is 4. The number of halogens is 1. The molecule has 0 radical (unpaired) electrons. The summed E-state index contributed by atoms with van der Waals surface area (Å²) in [5.41, 5.74) is 2.08. The molecule has 2 aromatic rings. The van der Waals surface area contributed by atoms with Crippen molar-refractivity contribution in [2.75, 3.05) is 25.0 Å². The molecule has 0 atom stereocenters. The molecule has 0 bridgehead atoms. The number of anilines is 1. The maximum Gasteiger partial charge on any atom is 0.229 e. The number of carbonyl (C=O) groups is 1. The van der Waals surface area contributed by atoms with Crippen molar-refractivity contribution in [2.24, 2.45) is 0 Å². The number of carbonyl (C=O) groups excluding carboxylic acids is 1. The van der Waals surface area contributed by atoms with Gasteiger partial charge in [0.25, 0.3) is 0 Å². The summed E-state index contributed by atoms with van der Waals surface area (Å²) >= 11 is 0. The summed E-state index contributed by atoms with van der Waals surface area (Å²) in [6, 6.07) is 8.03. The van der Waals surface area contributed by atoms with E-state index in [0.717, 1.165) is 43.0 Å². The van der Waals surface area contributed by atoms with Crippen molar-refractivity contribution in [2.45, 2.75) is 19.4 Å². The molecule has 0 saturated heterocycles. The van der Waals surface area contributed by atoms with Crippen LogP contribution in [-0.4, -0.2) is 35.6 Å². The van der Waals surface area contributed by atoms with E-state index in [1.165, 1.54) is 0 Å². The lowest BCUT2D eigenvalue weighted by molar-refractivity contribution is -0.118. The Bertz CT molecular complexity index is 610. The highest BCUT2D eigenvalue weighted by Crippen LogP contribution is 2.27. The second-order valence-corrected chi connectivity index (χ2v) is 4.80. The number of nitrogens with one attached hydrogen (secondary N) is 1. The SMILES string of the molecule is CNCCCC(=O)N1CCn2c1nc1ccccc12.Cl. The maximum absolute atomic E-state index is 12.2. The molecular formula is C14H19ClN4O. The van der Waals surface area contributed by atoms with E-state index in [1.807, 2.05) is 30.1 Å². The molecule has 2 heterocycles. The zero-order valence-corrected chi connectivity index (χ0v) is 12.3. The number of imidazole rings is 1. The van der Waals surface area contributed by atoms with Gasteiger partial charge in [-0.2, -0.15) is 0 Å². The highest BCUT2D eigenvalue weighted by Gasteiger charge is 2.27. The van der Waals surface area contributed by atoms with Gasteiger partial charge in [-0.15, -0.1) is 12.4 Å². The number of para-hydroxylation sites is 2. The molecule has 20 heavy (non-hydrogen) atoms. The quantitative estimate of drug-likeness (QED) is 0.875. The van der Waals surface area contributed by atoms with Crippen molar-refractivity contribution in [1.29, 1.82) is 0 Å². The fourth-order valence-electron chi connectivity index (χ4n) is 2.58. The van der Waals surface area contributed by atoms with Crippen molar-refractivity contribution >= 4 is 35.3 Å². The van der Waals surface area contributed by atoms with E-state index in [0.29, 0.717) is 6.42 Å². The molecule has 1 aliphatic heterocycles. The van der Waals surface area contributed by atoms with Gasteiger partial charge < -0.3 is 9.88 Å². The fraction of sp³-hybridized carbons (Fsp3) is 0.429. The molecule has 1 N–H and O–H groups in total. The Morgan fingerprint density at radius 1 is 1.35 bits per heavy atom. The van der Waals surface area contributed by atoms with Crippen LogP contribution >= 0.6 is 12.4 Å². The van der Waals surface area contributed by atoms with Gasteiger partial charge in [0.2, 0.25) is 11.9 Å². The standard InChI is InChI=1S/C14H18N4O.ClH/c1-15-8-4-7-13(19)18-10-9-17-12-6-3-2-5-11(12)16-14(17)18;/h2-3,5-6,15H,4,7-10H2,1H3;1H. The summed E-state index contributed by atoms with van der Waals surface area (Å²) in [5.74, 6) is 0.972. The van der Waals surface area contributed by atoms with Crippen molar-refractivity contribution in [1.82, 2.24) is 14.9 Å². The van der Waals surface area contributed by atoms with Gasteiger partial charge in [0.15, 0.2) is 0 Å². The Kier molecular flexibility index (Phi) is 4.62. The van der Waals surface area contributed by atoms with Crippen LogP contribution in [0.2, 0.25) is 0 Å². The van der Waals surface area contributed by atoms with E-state index >= 15 is 0 Å². The molecule has 1 aromatic carbocycles. The van der Waals surface area contributed by atoms with Gasteiger partial charge in [-0.1, -0.05) is 12.1 Å². The first-order chi connectivity index (χ1) is 9.31. The first kappa shape index (κ1) is 14.8. The minimum atomic E-state index is 0. The Morgan fingerprint density at radius 3 is 2.95 bits per heavy atom. The molecule has 6 heteroatoms. The summed E-state index contributed by atoms with van der Waals surface area (Å²) in [6.45, 7) is 2.45. The van der Waals surface area contributed by atoms with Crippen molar-refractivity contribution < 1.29 is 4.79 Å². The van der Waals surface area contributed by atoms with Gasteiger partial charge in [0, 0.05) is 19.5 Å². The van der Waals surface area contributed by atoms with Crippen LogP contribution in [0, 0.1) is 0 Å². The number of fused-ring (bicyclic) bond motifs is 3. The van der Waals surface area contributed by atoms with Crippen molar-refractivity contribution in [3.63, 3.8) is 0 Å². The van der Waals surface area contributed by atoms with Gasteiger partial charge in [0.1, 0.15) is 0 Å². The third-order valence-corrected chi connectivity index (χ3v) is 3.54. The molecule has 3 rings (SSSR count). The van der Waals surface area contributed by atoms with Crippen LogP contribution in [0.3, 0.4) is 0 Å². The summed E-state index contributed by atoms with van der Waals surface area (Å²) in [4.78, 5) is 18.6. The number of aromatic nitrogens is 2. The van der Waals surface area contributed by atoms with Crippen LogP contribution in [0.5, 0.6) is 0 Å². The number of amides is 1. The molecular weight excluding hydrogens is 276 g/mol. The lowest BCUT2D eigenvalue weighted by atomic mass is 10.3. The van der Waals surface area contributed by atoms with E-state index in [2.05, 4.69) is 20.9 Å². The Balaban J connectivity index is 0.00000147. The number of benzene rings is 1. The monoisotopic (exact) mass is 294 g/mol. The average Bonchev–Trinajstić information content (AvgIpc) is 2.97. The van der Waals surface area contributed by atoms with Gasteiger partial charge in [0.05, 0.1) is 11.0 Å². The highest BCUT2D eigenvalue weighted by molar-refractivity contribution is 5.94. The molecule has 0 saturated carbocycles. The van der Waals surface area contributed by atoms with E-state index in [4.69, 9.17) is 0 Å². The minimum absolute atomic E-state index is 0. The zero-order chi connectivity index (χ0) is 13.2. The Hall–Kier alpha value is -1.59. The third kappa shape index (κ3) is 2.51. The van der Waals surface area contributed by atoms with Crippen LogP contribution in [0.15, 0.2) is 24.3 Å². The average molecular weight is 295 g/mol. The van der Waals surface area contributed by atoms with Gasteiger partial charge in [-0.25, -0.2) is 4.98 Å². The van der Waals surface area contributed by atoms with Crippen LogP contribution in [-0.2, 0) is 11.3 Å². The third-order valence-electron chi connectivity index (χ3n) is 3.54. The number of hydrogen-bond acceptors (Lipinski definition) is 3. The molecule has 1 aromatic heterocycles. The van der Waals surface area contributed by atoms with Gasteiger partial charge in [-0.3, -0.25) is 9.69 Å². The fourth-order valence-corrected chi connectivity index (χ4v) is 2.58. The summed E-state index contributed by atoms with van der Waals surface area (Å²) in [5, 5.41) is 3.06. The van der Waals surface area contributed by atoms with E-state index < -0.39 is 0 Å². The number of hydrogen-bond donors (Lipinski definition) is 1. The molecule has 1 aliphatic rings. The van der Waals surface area contributed by atoms with Crippen molar-refractivity contribution in [3.8, 4) is 0 Å². The topological polar surface area (TPSA) is 50.2 Å². The minimum Gasteiger partial charge on any atom is -0.320 e. The second-order valence-electron chi connectivity index (χ2n) is 4.80. The smallest absolute Gasteiger partial charge is 0.229 e. The first-order valence-electron chi connectivity index (χ1n) is 6.71. The molecule has 0 spiro atoms. The lowest BCUT2D eigenvalue weighted by Gasteiger charge is -2.13. The molecule has 0 unspecified atom stereocenters. The zero-order valence-electron chi connectivity index (χ0n) is 11.5. The normalized spacial score (nSPS) is 13.3. The summed E-state index contributed by atoms with van der Waals surface area (Å²) in [7, 11) is 1.90. The molecule has 0 aliphatic carbocycles. The largest absolute Gasteiger partial charge is 0.320 e. The predicted octanol–water partition coefficient (Wildman–Crippen LogP) is 1.80. The van der Waals surface area contributed by atoms with Crippen LogP contribution in [0.1, 0.15) is 12.8 Å².